The molecule has 3 aromatic rings. The number of aliphatic carboxylic acids is 2. The fourth-order valence-electron chi connectivity index (χ4n) is 3.35. The number of anilines is 1. The number of aromatic nitrogens is 1. The van der Waals surface area contributed by atoms with Gasteiger partial charge < -0.3 is 20.1 Å². The van der Waals surface area contributed by atoms with Gasteiger partial charge in [0.05, 0.1) is 6.54 Å². The minimum atomic E-state index is -1.26. The Kier molecular flexibility index (Phi) is 8.51. The molecule has 0 saturated carbocycles. The minimum Gasteiger partial charge on any atom is -0.478 e. The summed E-state index contributed by atoms with van der Waals surface area (Å²) in [6.07, 6.45) is 5.51. The van der Waals surface area contributed by atoms with Crippen LogP contribution in [-0.4, -0.2) is 51.8 Å². The van der Waals surface area contributed by atoms with Crippen LogP contribution < -0.4 is 4.90 Å². The molecule has 1 fully saturated rings. The molecule has 1 aliphatic heterocycles. The maximum absolute atomic E-state index is 9.55. The van der Waals surface area contributed by atoms with Crippen molar-refractivity contribution in [1.82, 2.24) is 4.98 Å². The summed E-state index contributed by atoms with van der Waals surface area (Å²) in [6, 6.07) is 19.0. The Morgan fingerprint density at radius 1 is 1.03 bits per heavy atom. The highest BCUT2D eigenvalue weighted by Crippen LogP contribution is 2.27. The lowest BCUT2D eigenvalue weighted by atomic mass is 10.2. The monoisotopic (exact) mass is 451 g/mol. The topological polar surface area (TPSA) is 106 Å². The summed E-state index contributed by atoms with van der Waals surface area (Å²) >= 11 is 1.88. The number of aromatic amines is 1. The molecule has 0 bridgehead atoms. The van der Waals surface area contributed by atoms with Gasteiger partial charge in [-0.2, -0.15) is 0 Å². The minimum absolute atomic E-state index is 0.558. The zero-order chi connectivity index (χ0) is 22.8. The Hall–Kier alpha value is -3.52. The normalized spacial score (nSPS) is 14.6. The van der Waals surface area contributed by atoms with E-state index in [4.69, 9.17) is 15.2 Å². The Labute approximate surface area is 190 Å². The van der Waals surface area contributed by atoms with Crippen molar-refractivity contribution in [2.24, 2.45) is 4.99 Å². The number of hydrogen-bond acceptors (Lipinski definition) is 4. The molecule has 4 rings (SSSR count). The third-order valence-corrected chi connectivity index (χ3v) is 5.76. The summed E-state index contributed by atoms with van der Waals surface area (Å²) in [5, 5.41) is 16.9. The zero-order valence-corrected chi connectivity index (χ0v) is 18.3. The molecular formula is C24H25N3O4S. The highest BCUT2D eigenvalue weighted by Gasteiger charge is 2.19. The molecule has 32 heavy (non-hydrogen) atoms. The van der Waals surface area contributed by atoms with E-state index in [-0.39, 0.29) is 0 Å². The summed E-state index contributed by atoms with van der Waals surface area (Å²) in [4.78, 5) is 31.0. The number of aliphatic imine (C=N–C) groups is 1. The van der Waals surface area contributed by atoms with E-state index in [0.717, 1.165) is 25.3 Å². The fraction of sp³-hybridized carbons (Fsp3) is 0.208. The van der Waals surface area contributed by atoms with Crippen LogP contribution in [0.3, 0.4) is 0 Å². The number of benzene rings is 2. The van der Waals surface area contributed by atoms with Gasteiger partial charge in [-0.05, 0) is 24.6 Å². The second kappa shape index (κ2) is 11.8. The summed E-state index contributed by atoms with van der Waals surface area (Å²) in [5.74, 6) is -0.269. The zero-order valence-electron chi connectivity index (χ0n) is 17.5. The van der Waals surface area contributed by atoms with Gasteiger partial charge in [0.2, 0.25) is 0 Å². The van der Waals surface area contributed by atoms with Gasteiger partial charge in [0.25, 0.3) is 0 Å². The highest BCUT2D eigenvalue weighted by molar-refractivity contribution is 7.99. The van der Waals surface area contributed by atoms with Crippen molar-refractivity contribution < 1.29 is 19.8 Å². The highest BCUT2D eigenvalue weighted by atomic mass is 32.2. The molecule has 0 unspecified atom stereocenters. The van der Waals surface area contributed by atoms with Crippen LogP contribution in [0, 0.1) is 0 Å². The number of hydrogen-bond donors (Lipinski definition) is 3. The quantitative estimate of drug-likeness (QED) is 0.274. The van der Waals surface area contributed by atoms with Crippen LogP contribution in [-0.2, 0) is 9.59 Å². The van der Waals surface area contributed by atoms with E-state index in [0.29, 0.717) is 12.2 Å². The van der Waals surface area contributed by atoms with Gasteiger partial charge in [0.15, 0.2) is 0 Å². The first-order valence-corrected chi connectivity index (χ1v) is 11.2. The van der Waals surface area contributed by atoms with Crippen molar-refractivity contribution in [3.8, 4) is 0 Å². The molecule has 0 spiro atoms. The van der Waals surface area contributed by atoms with Crippen LogP contribution >= 0.6 is 11.8 Å². The van der Waals surface area contributed by atoms with Gasteiger partial charge in [0.1, 0.15) is 5.84 Å². The van der Waals surface area contributed by atoms with Gasteiger partial charge in [-0.1, -0.05) is 36.4 Å². The number of thioether (sulfide) groups is 1. The van der Waals surface area contributed by atoms with Gasteiger partial charge in [-0.15, -0.1) is 11.8 Å². The number of carboxylic acids is 2. The molecule has 1 aliphatic rings. The lowest BCUT2D eigenvalue weighted by molar-refractivity contribution is -0.134. The van der Waals surface area contributed by atoms with Crippen LogP contribution in [0.5, 0.6) is 0 Å². The molecule has 0 atom stereocenters. The predicted molar refractivity (Wildman–Crippen MR) is 129 cm³/mol. The molecule has 0 amide bonds. The summed E-state index contributed by atoms with van der Waals surface area (Å²) in [7, 11) is 0. The number of rotatable bonds is 7. The Bertz CT molecular complexity index is 1090. The summed E-state index contributed by atoms with van der Waals surface area (Å²) < 4.78 is 0. The van der Waals surface area contributed by atoms with E-state index < -0.39 is 11.9 Å². The molecule has 7 nitrogen and oxygen atoms in total. The average Bonchev–Trinajstić information content (AvgIpc) is 3.43. The third-order valence-electron chi connectivity index (χ3n) is 4.72. The number of carboxylic acid groups (broad SMARTS) is 2. The van der Waals surface area contributed by atoms with Crippen LogP contribution in [0.4, 0.5) is 5.69 Å². The number of amidine groups is 1. The first-order chi connectivity index (χ1) is 15.5. The van der Waals surface area contributed by atoms with Gasteiger partial charge in [-0.25, -0.2) is 9.59 Å². The maximum atomic E-state index is 9.55. The van der Waals surface area contributed by atoms with Crippen LogP contribution in [0.15, 0.2) is 82.8 Å². The lowest BCUT2D eigenvalue weighted by Crippen LogP contribution is -2.24. The van der Waals surface area contributed by atoms with E-state index >= 15 is 0 Å². The second-order valence-corrected chi connectivity index (χ2v) is 8.08. The molecule has 0 radical (unpaired) electrons. The Morgan fingerprint density at radius 2 is 1.72 bits per heavy atom. The SMILES string of the molecule is O=C(O)/C=C/C(=O)O.c1ccc(N2CCCC2=NCCSc2c[nH]c3ccccc23)cc1. The maximum Gasteiger partial charge on any atom is 0.328 e. The summed E-state index contributed by atoms with van der Waals surface area (Å²) in [6.45, 7) is 1.95. The van der Waals surface area contributed by atoms with Gasteiger partial charge in [0, 0.05) is 58.6 Å². The Morgan fingerprint density at radius 3 is 2.44 bits per heavy atom. The van der Waals surface area contributed by atoms with Crippen molar-refractivity contribution in [3.63, 3.8) is 0 Å². The Balaban J connectivity index is 0.000000312. The van der Waals surface area contributed by atoms with Crippen molar-refractivity contribution in [1.29, 1.82) is 0 Å². The van der Waals surface area contributed by atoms with E-state index in [1.165, 1.54) is 33.7 Å². The average molecular weight is 452 g/mol. The standard InChI is InChI=1S/C20H21N3S.C4H4O4/c1-2-7-16(8-3-1)23-13-6-11-20(23)21-12-14-24-19-15-22-18-10-5-4-9-17(18)19;5-3(6)1-2-4(7)8/h1-5,7-10,15,22H,6,11-14H2;1-2H,(H,5,6)(H,7,8)/b;2-1+. The molecule has 8 heteroatoms. The molecule has 0 aliphatic carbocycles. The van der Waals surface area contributed by atoms with E-state index in [1.54, 1.807) is 0 Å². The fourth-order valence-corrected chi connectivity index (χ4v) is 4.23. The number of H-pyrrole nitrogens is 1. The number of nitrogens with one attached hydrogen (secondary N) is 1. The smallest absolute Gasteiger partial charge is 0.328 e. The second-order valence-electron chi connectivity index (χ2n) is 6.95. The van der Waals surface area contributed by atoms with E-state index in [9.17, 15) is 9.59 Å². The largest absolute Gasteiger partial charge is 0.478 e. The first kappa shape index (κ1) is 23.1. The van der Waals surface area contributed by atoms with E-state index in [1.807, 2.05) is 11.8 Å². The van der Waals surface area contributed by atoms with Gasteiger partial charge >= 0.3 is 11.9 Å². The molecule has 166 valence electrons. The first-order valence-electron chi connectivity index (χ1n) is 10.2. The number of carbonyl (C=O) groups is 2. The summed E-state index contributed by atoms with van der Waals surface area (Å²) in [5.41, 5.74) is 2.47. The number of fused-ring (bicyclic) bond motifs is 1. The lowest BCUT2D eigenvalue weighted by Gasteiger charge is -2.18. The van der Waals surface area contributed by atoms with Crippen LogP contribution in [0.2, 0.25) is 0 Å². The van der Waals surface area contributed by atoms with Crippen molar-refractivity contribution in [3.05, 3.63) is 72.9 Å². The molecule has 3 N–H and O–H groups in total. The van der Waals surface area contributed by atoms with Crippen molar-refractivity contribution in [2.75, 3.05) is 23.7 Å². The third kappa shape index (κ3) is 6.75. The van der Waals surface area contributed by atoms with Crippen LogP contribution in [0.1, 0.15) is 12.8 Å². The number of nitrogens with zero attached hydrogens (tertiary/aromatic N) is 2. The number of para-hydroxylation sites is 2. The molecule has 1 aromatic heterocycles. The van der Waals surface area contributed by atoms with Crippen LogP contribution in [0.25, 0.3) is 10.9 Å². The molecule has 2 heterocycles. The van der Waals surface area contributed by atoms with E-state index in [2.05, 4.69) is 70.7 Å². The van der Waals surface area contributed by atoms with Gasteiger partial charge in [-0.3, -0.25) is 4.99 Å². The molecule has 2 aromatic carbocycles. The van der Waals surface area contributed by atoms with Crippen molar-refractivity contribution in [2.45, 2.75) is 17.7 Å². The molecule has 1 saturated heterocycles. The van der Waals surface area contributed by atoms with Crippen molar-refractivity contribution >= 4 is 46.1 Å². The molecular weight excluding hydrogens is 426 g/mol. The predicted octanol–water partition coefficient (Wildman–Crippen LogP) is 4.67.